The fourth-order valence-corrected chi connectivity index (χ4v) is 3.55. The van der Waals surface area contributed by atoms with E-state index in [2.05, 4.69) is 10.3 Å². The molecular weight excluding hydrogens is 413 g/mol. The number of imidazole rings is 1. The smallest absolute Gasteiger partial charge is 0.225 e. The zero-order chi connectivity index (χ0) is 19.4. The summed E-state index contributed by atoms with van der Waals surface area (Å²) in [5, 5.41) is 3.04. The van der Waals surface area contributed by atoms with E-state index in [1.807, 2.05) is 42.0 Å². The first-order chi connectivity index (χ1) is 13.0. The number of aromatic nitrogens is 2. The van der Waals surface area contributed by atoms with Gasteiger partial charge < -0.3 is 20.5 Å². The average molecular weight is 442 g/mol. The monoisotopic (exact) mass is 441 g/mol. The molecule has 3 N–H and O–H groups in total. The van der Waals surface area contributed by atoms with Crippen molar-refractivity contribution in [2.24, 2.45) is 11.7 Å². The molecule has 1 aliphatic rings. The first-order valence-corrected chi connectivity index (χ1v) is 9.32. The van der Waals surface area contributed by atoms with Gasteiger partial charge in [0, 0.05) is 45.0 Å². The van der Waals surface area contributed by atoms with Gasteiger partial charge >= 0.3 is 0 Å². The second kappa shape index (κ2) is 11.2. The number of amides is 2. The third kappa shape index (κ3) is 6.19. The summed E-state index contributed by atoms with van der Waals surface area (Å²) in [5.74, 6) is 0.590. The molecule has 0 spiro atoms. The molecule has 160 valence electrons. The van der Waals surface area contributed by atoms with Crippen LogP contribution < -0.4 is 11.1 Å². The second-order valence-electron chi connectivity index (χ2n) is 7.15. The summed E-state index contributed by atoms with van der Waals surface area (Å²) in [7, 11) is 0. The summed E-state index contributed by atoms with van der Waals surface area (Å²) in [6.45, 7) is 4.84. The Morgan fingerprint density at radius 1 is 1.21 bits per heavy atom. The molecule has 9 heteroatoms. The van der Waals surface area contributed by atoms with Crippen LogP contribution in [0.15, 0.2) is 36.7 Å². The van der Waals surface area contributed by atoms with Crippen molar-refractivity contribution in [1.29, 1.82) is 0 Å². The number of rotatable bonds is 4. The molecule has 0 bridgehead atoms. The van der Waals surface area contributed by atoms with Gasteiger partial charge in [0.25, 0.3) is 0 Å². The van der Waals surface area contributed by atoms with Crippen LogP contribution in [-0.4, -0.2) is 45.4 Å². The number of aryl methyl sites for hydroxylation is 1. The van der Waals surface area contributed by atoms with Crippen LogP contribution in [-0.2, 0) is 16.1 Å². The summed E-state index contributed by atoms with van der Waals surface area (Å²) in [6.07, 6.45) is 5.11. The number of halogens is 2. The van der Waals surface area contributed by atoms with Gasteiger partial charge in [0.2, 0.25) is 11.8 Å². The third-order valence-electron chi connectivity index (χ3n) is 5.13. The van der Waals surface area contributed by atoms with Gasteiger partial charge in [-0.15, -0.1) is 24.8 Å². The fourth-order valence-electron chi connectivity index (χ4n) is 3.55. The molecule has 1 saturated heterocycles. The minimum absolute atomic E-state index is 0. The molecule has 2 atom stereocenters. The lowest BCUT2D eigenvalue weighted by Crippen LogP contribution is -2.42. The number of carbonyl (C=O) groups excluding carboxylic acids is 2. The molecule has 1 aliphatic heterocycles. The highest BCUT2D eigenvalue weighted by Crippen LogP contribution is 2.19. The van der Waals surface area contributed by atoms with Crippen molar-refractivity contribution in [3.05, 3.63) is 48.0 Å². The summed E-state index contributed by atoms with van der Waals surface area (Å²) < 4.78 is 2.00. The van der Waals surface area contributed by atoms with Crippen LogP contribution in [0.4, 0.5) is 0 Å². The van der Waals surface area contributed by atoms with E-state index in [1.54, 1.807) is 11.1 Å². The van der Waals surface area contributed by atoms with Crippen LogP contribution in [0.3, 0.4) is 0 Å². The van der Waals surface area contributed by atoms with Crippen LogP contribution in [0.25, 0.3) is 5.69 Å². The van der Waals surface area contributed by atoms with E-state index in [-0.39, 0.29) is 48.6 Å². The minimum atomic E-state index is -0.232. The number of hydrogen-bond acceptors (Lipinski definition) is 4. The molecule has 7 nitrogen and oxygen atoms in total. The number of nitrogens with zero attached hydrogens (tertiary/aromatic N) is 3. The number of carbonyl (C=O) groups is 2. The van der Waals surface area contributed by atoms with Crippen molar-refractivity contribution in [3.8, 4) is 5.69 Å². The van der Waals surface area contributed by atoms with Gasteiger partial charge in [0.05, 0.1) is 11.6 Å². The van der Waals surface area contributed by atoms with E-state index in [0.717, 1.165) is 23.5 Å². The van der Waals surface area contributed by atoms with Crippen LogP contribution >= 0.6 is 24.8 Å². The van der Waals surface area contributed by atoms with Gasteiger partial charge in [0.1, 0.15) is 5.82 Å². The lowest BCUT2D eigenvalue weighted by molar-refractivity contribution is -0.131. The molecule has 2 amide bonds. The van der Waals surface area contributed by atoms with E-state index in [9.17, 15) is 9.59 Å². The molecule has 0 saturated carbocycles. The van der Waals surface area contributed by atoms with Gasteiger partial charge in [-0.1, -0.05) is 18.2 Å². The average Bonchev–Trinajstić information content (AvgIpc) is 2.97. The molecule has 1 fully saturated rings. The number of nitrogens with two attached hydrogens (primary N) is 1. The highest BCUT2D eigenvalue weighted by molar-refractivity contribution is 5.85. The number of likely N-dealkylation sites (tertiary alicyclic amines) is 1. The van der Waals surface area contributed by atoms with Gasteiger partial charge in [0.15, 0.2) is 0 Å². The fraction of sp³-hybridized carbons (Fsp3) is 0.450. The maximum absolute atomic E-state index is 12.8. The zero-order valence-corrected chi connectivity index (χ0v) is 18.3. The third-order valence-corrected chi connectivity index (χ3v) is 5.13. The Kier molecular flexibility index (Phi) is 9.62. The normalized spacial score (nSPS) is 18.8. The number of para-hydroxylation sites is 1. The van der Waals surface area contributed by atoms with Gasteiger partial charge in [-0.3, -0.25) is 9.59 Å². The maximum Gasteiger partial charge on any atom is 0.225 e. The molecule has 1 aromatic heterocycles. The topological polar surface area (TPSA) is 93.2 Å². The maximum atomic E-state index is 12.8. The largest absolute Gasteiger partial charge is 0.352 e. The first-order valence-electron chi connectivity index (χ1n) is 9.32. The summed E-state index contributed by atoms with van der Waals surface area (Å²) in [5.41, 5.74) is 8.06. The van der Waals surface area contributed by atoms with E-state index < -0.39 is 0 Å². The highest BCUT2D eigenvalue weighted by Gasteiger charge is 2.28. The molecule has 3 rings (SSSR count). The predicted molar refractivity (Wildman–Crippen MR) is 118 cm³/mol. The highest BCUT2D eigenvalue weighted by atomic mass is 35.5. The second-order valence-corrected chi connectivity index (χ2v) is 7.15. The van der Waals surface area contributed by atoms with Gasteiger partial charge in [-0.25, -0.2) is 4.98 Å². The van der Waals surface area contributed by atoms with Crippen molar-refractivity contribution in [3.63, 3.8) is 0 Å². The van der Waals surface area contributed by atoms with Crippen molar-refractivity contribution in [1.82, 2.24) is 19.8 Å². The van der Waals surface area contributed by atoms with E-state index in [4.69, 9.17) is 5.73 Å². The number of benzene rings is 1. The SMILES string of the molecule is CC(=O)N1C[C@@H](N)CC[C@@H](C(=O)NCc2ccccc2-n2ccnc2C)C1.Cl.Cl. The Balaban J connectivity index is 0.00000210. The van der Waals surface area contributed by atoms with Crippen LogP contribution in [0.1, 0.15) is 31.2 Å². The van der Waals surface area contributed by atoms with Crippen LogP contribution in [0, 0.1) is 12.8 Å². The Morgan fingerprint density at radius 2 is 1.93 bits per heavy atom. The lowest BCUT2D eigenvalue weighted by Gasteiger charge is -2.23. The number of hydrogen-bond donors (Lipinski definition) is 2. The molecule has 2 heterocycles. The van der Waals surface area contributed by atoms with Gasteiger partial charge in [-0.2, -0.15) is 0 Å². The molecular formula is C20H29Cl2N5O2. The molecule has 0 unspecified atom stereocenters. The lowest BCUT2D eigenvalue weighted by atomic mass is 10.0. The Labute approximate surface area is 183 Å². The van der Waals surface area contributed by atoms with Crippen molar-refractivity contribution >= 4 is 36.6 Å². The standard InChI is InChI=1S/C20H27N5O2.2ClH/c1-14-22-9-10-25(14)19-6-4-3-5-16(19)11-23-20(27)17-7-8-18(21)13-24(12-17)15(2)26;;/h3-6,9-10,17-18H,7-8,11-13,21H2,1-2H3,(H,23,27);2*1H/t17-,18+;;/m1../s1. The van der Waals surface area contributed by atoms with Crippen molar-refractivity contribution in [2.75, 3.05) is 13.1 Å². The molecule has 2 aromatic rings. The Morgan fingerprint density at radius 3 is 2.59 bits per heavy atom. The molecule has 1 aromatic carbocycles. The first kappa shape index (κ1) is 24.9. The van der Waals surface area contributed by atoms with E-state index in [1.165, 1.54) is 6.92 Å². The van der Waals surface area contributed by atoms with Gasteiger partial charge in [-0.05, 0) is 31.4 Å². The van der Waals surface area contributed by atoms with E-state index >= 15 is 0 Å². The minimum Gasteiger partial charge on any atom is -0.352 e. The quantitative estimate of drug-likeness (QED) is 0.760. The Bertz CT molecular complexity index is 827. The van der Waals surface area contributed by atoms with E-state index in [0.29, 0.717) is 26.1 Å². The van der Waals surface area contributed by atoms with Crippen LogP contribution in [0.5, 0.6) is 0 Å². The van der Waals surface area contributed by atoms with Crippen molar-refractivity contribution < 1.29 is 9.59 Å². The predicted octanol–water partition coefficient (Wildman–Crippen LogP) is 2.23. The summed E-state index contributed by atoms with van der Waals surface area (Å²) in [6, 6.07) is 7.87. The van der Waals surface area contributed by atoms with Crippen LogP contribution in [0.2, 0.25) is 0 Å². The molecule has 0 radical (unpaired) electrons. The summed E-state index contributed by atoms with van der Waals surface area (Å²) in [4.78, 5) is 30.5. The molecule has 29 heavy (non-hydrogen) atoms. The number of nitrogens with one attached hydrogen (secondary N) is 1. The Hall–Kier alpha value is -2.09. The van der Waals surface area contributed by atoms with Crippen molar-refractivity contribution in [2.45, 2.75) is 39.3 Å². The summed E-state index contributed by atoms with van der Waals surface area (Å²) >= 11 is 0. The zero-order valence-electron chi connectivity index (χ0n) is 16.7. The molecule has 0 aliphatic carbocycles.